The van der Waals surface area contributed by atoms with Gasteiger partial charge in [-0.15, -0.1) is 0 Å². The molecule has 30 heavy (non-hydrogen) atoms. The lowest BCUT2D eigenvalue weighted by atomic mass is 9.84. The molecule has 1 heterocycles. The molecule has 1 fully saturated rings. The standard InChI is InChI=1S/C21H26O9/c1-8-4-9-6-10-11(23)2-3-13(16(10)18(26)15(9)12(24)5-8)29-21-20(28)19(27)17(25)14(7-22)30-21/h4-6,11,13-14,17,19-28H,2-3,7H2,1H3. The second-order valence-corrected chi connectivity index (χ2v) is 8.03. The van der Waals surface area contributed by atoms with Crippen molar-refractivity contribution >= 4 is 10.8 Å². The van der Waals surface area contributed by atoms with E-state index >= 15 is 0 Å². The van der Waals surface area contributed by atoms with Gasteiger partial charge in [0.05, 0.1) is 24.2 Å². The number of aliphatic hydroxyl groups excluding tert-OH is 5. The average Bonchev–Trinajstić information content (AvgIpc) is 2.69. The zero-order chi connectivity index (χ0) is 21.7. The van der Waals surface area contributed by atoms with Crippen LogP contribution in [0.3, 0.4) is 0 Å². The lowest BCUT2D eigenvalue weighted by Gasteiger charge is -2.42. The summed E-state index contributed by atoms with van der Waals surface area (Å²) in [6.07, 6.45) is -8.28. The van der Waals surface area contributed by atoms with Crippen LogP contribution in [0.2, 0.25) is 0 Å². The minimum absolute atomic E-state index is 0.114. The monoisotopic (exact) mass is 422 g/mol. The molecule has 0 bridgehead atoms. The third kappa shape index (κ3) is 3.42. The third-order valence-electron chi connectivity index (χ3n) is 5.94. The number of fused-ring (bicyclic) bond motifs is 2. The van der Waals surface area contributed by atoms with E-state index in [-0.39, 0.29) is 28.9 Å². The maximum absolute atomic E-state index is 11.0. The first kappa shape index (κ1) is 21.3. The number of hydrogen-bond donors (Lipinski definition) is 7. The molecule has 2 aromatic rings. The van der Waals surface area contributed by atoms with Crippen LogP contribution >= 0.6 is 0 Å². The van der Waals surface area contributed by atoms with E-state index in [0.717, 1.165) is 5.56 Å². The Hall–Kier alpha value is -1.98. The van der Waals surface area contributed by atoms with Gasteiger partial charge in [0.2, 0.25) is 0 Å². The van der Waals surface area contributed by atoms with Crippen LogP contribution in [-0.2, 0) is 9.47 Å². The van der Waals surface area contributed by atoms with Crippen molar-refractivity contribution in [1.29, 1.82) is 0 Å². The van der Waals surface area contributed by atoms with Crippen molar-refractivity contribution in [3.05, 3.63) is 34.9 Å². The number of phenols is 2. The number of rotatable bonds is 3. The van der Waals surface area contributed by atoms with Crippen LogP contribution in [-0.4, -0.2) is 73.1 Å². The zero-order valence-electron chi connectivity index (χ0n) is 16.3. The molecular weight excluding hydrogens is 396 g/mol. The Morgan fingerprint density at radius 2 is 1.73 bits per heavy atom. The summed E-state index contributed by atoms with van der Waals surface area (Å²) in [6.45, 7) is 1.21. The van der Waals surface area contributed by atoms with Gasteiger partial charge in [-0.3, -0.25) is 0 Å². The molecule has 1 aliphatic carbocycles. The number of phenolic OH excluding ortho intramolecular Hbond substituents is 2. The fourth-order valence-electron chi connectivity index (χ4n) is 4.38. The van der Waals surface area contributed by atoms with Crippen molar-refractivity contribution in [1.82, 2.24) is 0 Å². The van der Waals surface area contributed by atoms with Crippen LogP contribution in [0.15, 0.2) is 18.2 Å². The van der Waals surface area contributed by atoms with E-state index < -0.39 is 49.5 Å². The summed E-state index contributed by atoms with van der Waals surface area (Å²) in [5, 5.41) is 72.2. The normalized spacial score (nSPS) is 34.1. The van der Waals surface area contributed by atoms with E-state index in [1.807, 2.05) is 0 Å². The summed E-state index contributed by atoms with van der Waals surface area (Å²) >= 11 is 0. The lowest BCUT2D eigenvalue weighted by Crippen LogP contribution is -2.59. The van der Waals surface area contributed by atoms with E-state index in [0.29, 0.717) is 17.4 Å². The lowest BCUT2D eigenvalue weighted by molar-refractivity contribution is -0.313. The highest BCUT2D eigenvalue weighted by molar-refractivity contribution is 5.96. The number of benzene rings is 2. The van der Waals surface area contributed by atoms with E-state index in [9.17, 15) is 35.7 Å². The van der Waals surface area contributed by atoms with Gasteiger partial charge in [0.15, 0.2) is 6.29 Å². The van der Waals surface area contributed by atoms with Gasteiger partial charge >= 0.3 is 0 Å². The Kier molecular flexibility index (Phi) is 5.62. The molecule has 0 spiro atoms. The van der Waals surface area contributed by atoms with Crippen LogP contribution < -0.4 is 0 Å². The Morgan fingerprint density at radius 1 is 1.00 bits per heavy atom. The SMILES string of the molecule is Cc1cc(O)c2c(O)c3c(cc2c1)C(O)CCC3OC1OC(CO)C(O)C(O)C1O. The second-order valence-electron chi connectivity index (χ2n) is 8.03. The van der Waals surface area contributed by atoms with Crippen molar-refractivity contribution < 1.29 is 45.2 Å². The molecule has 1 aliphatic heterocycles. The predicted octanol–water partition coefficient (Wildman–Crippen LogP) is 0.244. The second kappa shape index (κ2) is 7.93. The third-order valence-corrected chi connectivity index (χ3v) is 5.94. The number of hydrogen-bond acceptors (Lipinski definition) is 9. The molecule has 0 radical (unpaired) electrons. The Morgan fingerprint density at radius 3 is 2.43 bits per heavy atom. The van der Waals surface area contributed by atoms with Crippen molar-refractivity contribution in [2.45, 2.75) is 62.7 Å². The Bertz CT molecular complexity index is 944. The number of aliphatic hydroxyl groups is 5. The summed E-state index contributed by atoms with van der Waals surface area (Å²) in [5.41, 5.74) is 1.49. The summed E-state index contributed by atoms with van der Waals surface area (Å²) in [4.78, 5) is 0. The first-order valence-electron chi connectivity index (χ1n) is 9.86. The van der Waals surface area contributed by atoms with E-state index in [1.165, 1.54) is 6.07 Å². The van der Waals surface area contributed by atoms with Crippen LogP contribution in [0.1, 0.15) is 41.7 Å². The van der Waals surface area contributed by atoms with Gasteiger partial charge < -0.3 is 45.2 Å². The molecule has 9 heteroatoms. The topological polar surface area (TPSA) is 160 Å². The number of ether oxygens (including phenoxy) is 2. The van der Waals surface area contributed by atoms with Crippen molar-refractivity contribution in [2.24, 2.45) is 0 Å². The van der Waals surface area contributed by atoms with Crippen molar-refractivity contribution in [3.8, 4) is 11.5 Å². The molecule has 7 atom stereocenters. The highest BCUT2D eigenvalue weighted by Gasteiger charge is 2.45. The van der Waals surface area contributed by atoms with Gasteiger partial charge in [0, 0.05) is 5.56 Å². The molecule has 2 aliphatic rings. The van der Waals surface area contributed by atoms with Gasteiger partial charge in [-0.25, -0.2) is 0 Å². The molecule has 7 unspecified atom stereocenters. The highest BCUT2D eigenvalue weighted by Crippen LogP contribution is 2.49. The average molecular weight is 422 g/mol. The summed E-state index contributed by atoms with van der Waals surface area (Å²) in [5.74, 6) is -0.356. The van der Waals surface area contributed by atoms with Gasteiger partial charge in [0.1, 0.15) is 35.9 Å². The molecule has 0 saturated carbocycles. The molecular formula is C21H26O9. The number of aryl methyl sites for hydroxylation is 1. The summed E-state index contributed by atoms with van der Waals surface area (Å²) in [6, 6.07) is 4.98. The fourth-order valence-corrected chi connectivity index (χ4v) is 4.38. The molecule has 1 saturated heterocycles. The van der Waals surface area contributed by atoms with E-state index in [2.05, 4.69) is 0 Å². The molecule has 9 nitrogen and oxygen atoms in total. The Labute approximate surface area is 172 Å². The maximum atomic E-state index is 11.0. The number of aromatic hydroxyl groups is 2. The molecule has 0 amide bonds. The molecule has 164 valence electrons. The van der Waals surface area contributed by atoms with Crippen molar-refractivity contribution in [3.63, 3.8) is 0 Å². The molecule has 4 rings (SSSR count). The van der Waals surface area contributed by atoms with Crippen LogP contribution in [0, 0.1) is 6.92 Å². The van der Waals surface area contributed by atoms with Gasteiger partial charge in [-0.2, -0.15) is 0 Å². The first-order valence-corrected chi connectivity index (χ1v) is 9.86. The Balaban J connectivity index is 1.74. The minimum Gasteiger partial charge on any atom is -0.507 e. The summed E-state index contributed by atoms with van der Waals surface area (Å²) < 4.78 is 11.3. The maximum Gasteiger partial charge on any atom is 0.187 e. The van der Waals surface area contributed by atoms with Gasteiger partial charge in [-0.1, -0.05) is 6.07 Å². The summed E-state index contributed by atoms with van der Waals surface area (Å²) in [7, 11) is 0. The largest absolute Gasteiger partial charge is 0.507 e. The molecule has 2 aromatic carbocycles. The van der Waals surface area contributed by atoms with Crippen LogP contribution in [0.25, 0.3) is 10.8 Å². The van der Waals surface area contributed by atoms with Crippen LogP contribution in [0.4, 0.5) is 0 Å². The smallest absolute Gasteiger partial charge is 0.187 e. The molecule has 0 aromatic heterocycles. The molecule has 7 N–H and O–H groups in total. The van der Waals surface area contributed by atoms with E-state index in [1.54, 1.807) is 19.1 Å². The first-order chi connectivity index (χ1) is 14.2. The van der Waals surface area contributed by atoms with Gasteiger partial charge in [-0.05, 0) is 48.4 Å². The quantitative estimate of drug-likeness (QED) is 0.368. The van der Waals surface area contributed by atoms with Crippen molar-refractivity contribution in [2.75, 3.05) is 6.61 Å². The fraction of sp³-hybridized carbons (Fsp3) is 0.524. The highest BCUT2D eigenvalue weighted by atomic mass is 16.7. The van der Waals surface area contributed by atoms with E-state index in [4.69, 9.17) is 9.47 Å². The predicted molar refractivity (Wildman–Crippen MR) is 104 cm³/mol. The minimum atomic E-state index is -1.59. The van der Waals surface area contributed by atoms with Gasteiger partial charge in [0.25, 0.3) is 0 Å². The zero-order valence-corrected chi connectivity index (χ0v) is 16.3. The van der Waals surface area contributed by atoms with Crippen LogP contribution in [0.5, 0.6) is 11.5 Å².